The standard InChI is InChI=1S/C8H12O2/c9-3-5-1-7(5)8-2-6(8)4-10/h5-6,9-10H,1-4H2/b8-7+. The Morgan fingerprint density at radius 1 is 1.00 bits per heavy atom. The van der Waals surface area contributed by atoms with E-state index >= 15 is 0 Å². The van der Waals surface area contributed by atoms with Crippen LogP contribution in [0.1, 0.15) is 12.8 Å². The summed E-state index contributed by atoms with van der Waals surface area (Å²) in [6, 6.07) is 0. The molecule has 2 atom stereocenters. The lowest BCUT2D eigenvalue weighted by molar-refractivity contribution is 0.278. The van der Waals surface area contributed by atoms with E-state index in [4.69, 9.17) is 10.2 Å². The molecule has 2 nitrogen and oxygen atoms in total. The maximum absolute atomic E-state index is 8.72. The molecular formula is C8H12O2. The lowest BCUT2D eigenvalue weighted by Gasteiger charge is -1.81. The minimum atomic E-state index is 0.303. The maximum atomic E-state index is 8.72. The van der Waals surface area contributed by atoms with Crippen molar-refractivity contribution in [2.24, 2.45) is 11.8 Å². The van der Waals surface area contributed by atoms with Crippen molar-refractivity contribution in [3.8, 4) is 0 Å². The van der Waals surface area contributed by atoms with Crippen molar-refractivity contribution in [3.63, 3.8) is 0 Å². The molecule has 2 aliphatic rings. The average molecular weight is 140 g/mol. The Hall–Kier alpha value is -0.340. The van der Waals surface area contributed by atoms with Crippen LogP contribution >= 0.6 is 0 Å². The minimum Gasteiger partial charge on any atom is -0.396 e. The number of hydrogen-bond donors (Lipinski definition) is 2. The first-order valence-corrected chi connectivity index (χ1v) is 3.80. The van der Waals surface area contributed by atoms with E-state index < -0.39 is 0 Å². The van der Waals surface area contributed by atoms with E-state index in [2.05, 4.69) is 0 Å². The Morgan fingerprint density at radius 3 is 1.60 bits per heavy atom. The summed E-state index contributed by atoms with van der Waals surface area (Å²) in [6.45, 7) is 0.605. The van der Waals surface area contributed by atoms with Crippen LogP contribution < -0.4 is 0 Å². The van der Waals surface area contributed by atoms with Gasteiger partial charge in [0.2, 0.25) is 0 Å². The molecule has 0 aromatic rings. The van der Waals surface area contributed by atoms with E-state index in [1.807, 2.05) is 0 Å². The summed E-state index contributed by atoms with van der Waals surface area (Å²) in [7, 11) is 0. The van der Waals surface area contributed by atoms with Crippen LogP contribution in [0.25, 0.3) is 0 Å². The Labute approximate surface area is 60.2 Å². The van der Waals surface area contributed by atoms with Crippen LogP contribution in [0.15, 0.2) is 11.1 Å². The van der Waals surface area contributed by atoms with Gasteiger partial charge in [0.15, 0.2) is 0 Å². The highest BCUT2D eigenvalue weighted by Crippen LogP contribution is 2.51. The predicted molar refractivity (Wildman–Crippen MR) is 37.4 cm³/mol. The fourth-order valence-corrected chi connectivity index (χ4v) is 1.55. The van der Waals surface area contributed by atoms with E-state index in [0.29, 0.717) is 25.0 Å². The Morgan fingerprint density at radius 2 is 1.40 bits per heavy atom. The molecule has 0 saturated heterocycles. The molecule has 0 radical (unpaired) electrons. The van der Waals surface area contributed by atoms with Gasteiger partial charge in [0.05, 0.1) is 0 Å². The lowest BCUT2D eigenvalue weighted by Crippen LogP contribution is -1.83. The first-order valence-electron chi connectivity index (χ1n) is 3.80. The van der Waals surface area contributed by atoms with Crippen molar-refractivity contribution < 1.29 is 10.2 Å². The van der Waals surface area contributed by atoms with Gasteiger partial charge in [0.25, 0.3) is 0 Å². The van der Waals surface area contributed by atoms with E-state index in [1.165, 1.54) is 11.1 Å². The van der Waals surface area contributed by atoms with Gasteiger partial charge in [-0.05, 0) is 12.8 Å². The van der Waals surface area contributed by atoms with Gasteiger partial charge in [-0.25, -0.2) is 0 Å². The number of hydrogen-bond acceptors (Lipinski definition) is 2. The molecule has 2 rings (SSSR count). The molecule has 2 unspecified atom stereocenters. The second kappa shape index (κ2) is 2.07. The number of aliphatic hydroxyl groups excluding tert-OH is 2. The fourth-order valence-electron chi connectivity index (χ4n) is 1.55. The highest BCUT2D eigenvalue weighted by atomic mass is 16.3. The van der Waals surface area contributed by atoms with Gasteiger partial charge >= 0.3 is 0 Å². The van der Waals surface area contributed by atoms with Crippen LogP contribution in [0.3, 0.4) is 0 Å². The topological polar surface area (TPSA) is 40.5 Å². The molecule has 2 heteroatoms. The summed E-state index contributed by atoms with van der Waals surface area (Å²) in [4.78, 5) is 0. The largest absolute Gasteiger partial charge is 0.396 e. The van der Waals surface area contributed by atoms with Crippen molar-refractivity contribution in [1.82, 2.24) is 0 Å². The molecule has 0 aromatic heterocycles. The Balaban J connectivity index is 1.96. The van der Waals surface area contributed by atoms with Crippen LogP contribution in [0.5, 0.6) is 0 Å². The molecule has 2 fully saturated rings. The normalized spacial score (nSPS) is 43.8. The van der Waals surface area contributed by atoms with E-state index in [9.17, 15) is 0 Å². The molecule has 2 saturated carbocycles. The molecule has 0 spiro atoms. The third kappa shape index (κ3) is 0.879. The molecule has 2 N–H and O–H groups in total. The summed E-state index contributed by atoms with van der Waals surface area (Å²) in [5.41, 5.74) is 2.86. The zero-order valence-electron chi connectivity index (χ0n) is 5.88. The van der Waals surface area contributed by atoms with Crippen LogP contribution in [0.2, 0.25) is 0 Å². The van der Waals surface area contributed by atoms with Crippen molar-refractivity contribution >= 4 is 0 Å². The zero-order valence-corrected chi connectivity index (χ0v) is 5.88. The maximum Gasteiger partial charge on any atom is 0.0499 e. The third-order valence-electron chi connectivity index (χ3n) is 2.45. The highest BCUT2D eigenvalue weighted by Gasteiger charge is 2.41. The van der Waals surface area contributed by atoms with Crippen LogP contribution in [-0.4, -0.2) is 23.4 Å². The van der Waals surface area contributed by atoms with Crippen molar-refractivity contribution in [1.29, 1.82) is 0 Å². The average Bonchev–Trinajstić information content (AvgIpc) is 2.83. The molecule has 56 valence electrons. The lowest BCUT2D eigenvalue weighted by atomic mass is 10.3. The minimum absolute atomic E-state index is 0.303. The zero-order chi connectivity index (χ0) is 7.14. The molecule has 0 aliphatic heterocycles. The van der Waals surface area contributed by atoms with Gasteiger partial charge in [-0.1, -0.05) is 11.1 Å². The van der Waals surface area contributed by atoms with E-state index in [1.54, 1.807) is 0 Å². The molecule has 0 heterocycles. The molecule has 0 aromatic carbocycles. The highest BCUT2D eigenvalue weighted by molar-refractivity contribution is 5.39. The monoisotopic (exact) mass is 140 g/mol. The molecule has 0 bridgehead atoms. The number of rotatable bonds is 2. The third-order valence-corrected chi connectivity index (χ3v) is 2.45. The smallest absolute Gasteiger partial charge is 0.0499 e. The molecular weight excluding hydrogens is 128 g/mol. The summed E-state index contributed by atoms with van der Waals surface area (Å²) >= 11 is 0. The Bertz CT molecular complexity index is 164. The van der Waals surface area contributed by atoms with Gasteiger partial charge < -0.3 is 10.2 Å². The SMILES string of the molecule is OCC1C/C1=C1/CC1CO. The predicted octanol–water partition coefficient (Wildman–Crippen LogP) is 0.307. The van der Waals surface area contributed by atoms with Crippen molar-refractivity contribution in [2.45, 2.75) is 12.8 Å². The van der Waals surface area contributed by atoms with E-state index in [0.717, 1.165) is 12.8 Å². The van der Waals surface area contributed by atoms with Crippen LogP contribution in [0.4, 0.5) is 0 Å². The van der Waals surface area contributed by atoms with Crippen molar-refractivity contribution in [3.05, 3.63) is 11.1 Å². The second-order valence-electron chi connectivity index (χ2n) is 3.22. The summed E-state index contributed by atoms with van der Waals surface area (Å²) in [5, 5.41) is 17.4. The number of aliphatic hydroxyl groups is 2. The van der Waals surface area contributed by atoms with Gasteiger partial charge in [-0.3, -0.25) is 0 Å². The first kappa shape index (κ1) is 6.38. The summed E-state index contributed by atoms with van der Waals surface area (Å²) < 4.78 is 0. The van der Waals surface area contributed by atoms with Gasteiger partial charge in [-0.2, -0.15) is 0 Å². The Kier molecular flexibility index (Phi) is 1.32. The summed E-state index contributed by atoms with van der Waals surface area (Å²) in [6.07, 6.45) is 2.17. The quantitative estimate of drug-likeness (QED) is 0.542. The van der Waals surface area contributed by atoms with Crippen molar-refractivity contribution in [2.75, 3.05) is 13.2 Å². The molecule has 0 amide bonds. The summed E-state index contributed by atoms with van der Waals surface area (Å²) in [5.74, 6) is 0.929. The van der Waals surface area contributed by atoms with Gasteiger partial charge in [0, 0.05) is 25.0 Å². The molecule has 2 aliphatic carbocycles. The second-order valence-corrected chi connectivity index (χ2v) is 3.22. The van der Waals surface area contributed by atoms with Gasteiger partial charge in [0.1, 0.15) is 0 Å². The fraction of sp³-hybridized carbons (Fsp3) is 0.750. The first-order chi connectivity index (χ1) is 4.86. The molecule has 10 heavy (non-hydrogen) atoms. The van der Waals surface area contributed by atoms with Crippen LogP contribution in [0, 0.1) is 11.8 Å². The van der Waals surface area contributed by atoms with Gasteiger partial charge in [-0.15, -0.1) is 0 Å². The van der Waals surface area contributed by atoms with Crippen LogP contribution in [-0.2, 0) is 0 Å². The van der Waals surface area contributed by atoms with E-state index in [-0.39, 0.29) is 0 Å².